The van der Waals surface area contributed by atoms with Crippen molar-refractivity contribution < 1.29 is 4.79 Å². The van der Waals surface area contributed by atoms with Gasteiger partial charge in [0.2, 0.25) is 0 Å². The number of hydrogen-bond acceptors (Lipinski definition) is 5. The molecule has 1 aliphatic rings. The first-order valence-electron chi connectivity index (χ1n) is 8.77. The highest BCUT2D eigenvalue weighted by Crippen LogP contribution is 2.22. The van der Waals surface area contributed by atoms with Crippen LogP contribution in [0.15, 0.2) is 46.9 Å². The highest BCUT2D eigenvalue weighted by molar-refractivity contribution is 6.45. The minimum atomic E-state index is -0.296. The maximum absolute atomic E-state index is 12.7. The Kier molecular flexibility index (Phi) is 8.16. The van der Waals surface area contributed by atoms with E-state index in [2.05, 4.69) is 20.9 Å². The van der Waals surface area contributed by atoms with Crippen molar-refractivity contribution in [2.75, 3.05) is 13.1 Å². The molecule has 2 rings (SSSR count). The van der Waals surface area contributed by atoms with E-state index in [9.17, 15) is 4.79 Å². The number of nitrogens with one attached hydrogen (secondary N) is 3. The third kappa shape index (κ3) is 6.27. The van der Waals surface area contributed by atoms with Crippen molar-refractivity contribution in [3.8, 4) is 0 Å². The van der Waals surface area contributed by atoms with E-state index in [1.165, 1.54) is 6.20 Å². The number of nitrogens with zero attached hydrogens (tertiary/aromatic N) is 1. The van der Waals surface area contributed by atoms with Gasteiger partial charge in [0.25, 0.3) is 5.91 Å². The summed E-state index contributed by atoms with van der Waals surface area (Å²) in [5, 5.41) is 10.3. The topological polar surface area (TPSA) is 91.5 Å². The summed E-state index contributed by atoms with van der Waals surface area (Å²) in [5.74, 6) is 0.281. The molecule has 1 aliphatic heterocycles. The van der Waals surface area contributed by atoms with Crippen molar-refractivity contribution in [3.05, 3.63) is 57.5 Å². The molecule has 27 heavy (non-hydrogen) atoms. The molecule has 0 bridgehead atoms. The van der Waals surface area contributed by atoms with Crippen LogP contribution in [0.1, 0.15) is 25.8 Å². The van der Waals surface area contributed by atoms with Crippen molar-refractivity contribution in [1.29, 1.82) is 0 Å². The predicted molar refractivity (Wildman–Crippen MR) is 112 cm³/mol. The Bertz CT molecular complexity index is 767. The van der Waals surface area contributed by atoms with Gasteiger partial charge < -0.3 is 21.7 Å². The first kappa shape index (κ1) is 21.3. The lowest BCUT2D eigenvalue weighted by atomic mass is 10.1. The highest BCUT2D eigenvalue weighted by Gasteiger charge is 2.19. The monoisotopic (exact) mass is 409 g/mol. The Morgan fingerprint density at radius 3 is 2.78 bits per heavy atom. The second-order valence-electron chi connectivity index (χ2n) is 6.23. The molecule has 1 aromatic carbocycles. The van der Waals surface area contributed by atoms with Crippen molar-refractivity contribution >= 4 is 34.8 Å². The van der Waals surface area contributed by atoms with Crippen LogP contribution in [0.25, 0.3) is 0 Å². The summed E-state index contributed by atoms with van der Waals surface area (Å²) in [6.45, 7) is 5.77. The van der Waals surface area contributed by atoms with Gasteiger partial charge in [-0.3, -0.25) is 9.79 Å². The summed E-state index contributed by atoms with van der Waals surface area (Å²) >= 11 is 12.0. The molecular formula is C19H25Cl2N5O. The number of amides is 1. The predicted octanol–water partition coefficient (Wildman–Crippen LogP) is 2.73. The van der Waals surface area contributed by atoms with Gasteiger partial charge in [-0.15, -0.1) is 0 Å². The molecule has 6 nitrogen and oxygen atoms in total. The SMILES string of the molecule is C/C=C(\NCc1ccc(Cl)c(Cl)c1)NC(=O)C(=NC1CCNC1)C(C)=CN. The van der Waals surface area contributed by atoms with Crippen LogP contribution in [-0.2, 0) is 11.3 Å². The number of benzene rings is 1. The molecule has 1 unspecified atom stereocenters. The van der Waals surface area contributed by atoms with E-state index >= 15 is 0 Å². The second kappa shape index (κ2) is 10.3. The summed E-state index contributed by atoms with van der Waals surface area (Å²) < 4.78 is 0. The quantitative estimate of drug-likeness (QED) is 0.521. The summed E-state index contributed by atoms with van der Waals surface area (Å²) in [4.78, 5) is 17.3. The molecule has 1 saturated heterocycles. The zero-order valence-electron chi connectivity index (χ0n) is 15.5. The first-order chi connectivity index (χ1) is 12.9. The minimum Gasteiger partial charge on any atom is -0.404 e. The molecule has 0 aromatic heterocycles. The fourth-order valence-corrected chi connectivity index (χ4v) is 2.92. The largest absolute Gasteiger partial charge is 0.404 e. The van der Waals surface area contributed by atoms with E-state index in [1.54, 1.807) is 25.1 Å². The number of hydrogen-bond donors (Lipinski definition) is 4. The molecule has 1 heterocycles. The molecule has 146 valence electrons. The average Bonchev–Trinajstić information content (AvgIpc) is 3.18. The molecule has 1 fully saturated rings. The van der Waals surface area contributed by atoms with E-state index < -0.39 is 0 Å². The van der Waals surface area contributed by atoms with Crippen LogP contribution in [0.5, 0.6) is 0 Å². The Hall–Kier alpha value is -2.02. The van der Waals surface area contributed by atoms with Crippen LogP contribution in [0.2, 0.25) is 10.0 Å². The Balaban J connectivity index is 2.04. The maximum Gasteiger partial charge on any atom is 0.275 e. The molecular weight excluding hydrogens is 385 g/mol. The lowest BCUT2D eigenvalue weighted by Crippen LogP contribution is -2.37. The van der Waals surface area contributed by atoms with Crippen LogP contribution >= 0.6 is 23.2 Å². The maximum atomic E-state index is 12.7. The molecule has 8 heteroatoms. The molecule has 1 amide bonds. The molecule has 0 saturated carbocycles. The van der Waals surface area contributed by atoms with Gasteiger partial charge in [0.05, 0.1) is 16.1 Å². The number of halogens is 2. The third-order valence-electron chi connectivity index (χ3n) is 4.19. The molecule has 1 atom stereocenters. The van der Waals surface area contributed by atoms with E-state index in [4.69, 9.17) is 28.9 Å². The summed E-state index contributed by atoms with van der Waals surface area (Å²) in [6.07, 6.45) is 4.09. The summed E-state index contributed by atoms with van der Waals surface area (Å²) in [5.41, 5.74) is 7.55. The van der Waals surface area contributed by atoms with Crippen LogP contribution < -0.4 is 21.7 Å². The molecule has 5 N–H and O–H groups in total. The first-order valence-corrected chi connectivity index (χ1v) is 9.53. The van der Waals surface area contributed by atoms with Crippen LogP contribution in [-0.4, -0.2) is 30.8 Å². The van der Waals surface area contributed by atoms with Gasteiger partial charge in [-0.25, -0.2) is 0 Å². The molecule has 0 spiro atoms. The van der Waals surface area contributed by atoms with Gasteiger partial charge in [-0.2, -0.15) is 0 Å². The normalized spacial score (nSPS) is 18.5. The molecule has 0 aliphatic carbocycles. The number of carbonyl (C=O) groups is 1. The van der Waals surface area contributed by atoms with Crippen molar-refractivity contribution in [2.24, 2.45) is 10.7 Å². The fraction of sp³-hybridized carbons (Fsp3) is 0.368. The van der Waals surface area contributed by atoms with Gasteiger partial charge in [-0.05, 0) is 62.4 Å². The Labute approximate surface area is 169 Å². The average molecular weight is 410 g/mol. The minimum absolute atomic E-state index is 0.0823. The second-order valence-corrected chi connectivity index (χ2v) is 7.05. The van der Waals surface area contributed by atoms with Gasteiger partial charge in [0.1, 0.15) is 11.5 Å². The fourth-order valence-electron chi connectivity index (χ4n) is 2.60. The van der Waals surface area contributed by atoms with Gasteiger partial charge in [0, 0.05) is 13.1 Å². The lowest BCUT2D eigenvalue weighted by Gasteiger charge is -2.15. The van der Waals surface area contributed by atoms with E-state index in [-0.39, 0.29) is 11.9 Å². The van der Waals surface area contributed by atoms with Crippen molar-refractivity contribution in [2.45, 2.75) is 32.9 Å². The Morgan fingerprint density at radius 1 is 1.41 bits per heavy atom. The van der Waals surface area contributed by atoms with E-state index in [1.807, 2.05) is 13.0 Å². The highest BCUT2D eigenvalue weighted by atomic mass is 35.5. The Morgan fingerprint density at radius 2 is 2.19 bits per heavy atom. The van der Waals surface area contributed by atoms with E-state index in [0.717, 1.165) is 25.1 Å². The van der Waals surface area contributed by atoms with Crippen molar-refractivity contribution in [1.82, 2.24) is 16.0 Å². The summed E-state index contributed by atoms with van der Waals surface area (Å²) in [7, 11) is 0. The number of aliphatic imine (C=N–C) groups is 1. The third-order valence-corrected chi connectivity index (χ3v) is 4.93. The van der Waals surface area contributed by atoms with Crippen LogP contribution in [0.3, 0.4) is 0 Å². The summed E-state index contributed by atoms with van der Waals surface area (Å²) in [6, 6.07) is 5.48. The van der Waals surface area contributed by atoms with Crippen LogP contribution in [0, 0.1) is 0 Å². The lowest BCUT2D eigenvalue weighted by molar-refractivity contribution is -0.114. The van der Waals surface area contributed by atoms with E-state index in [0.29, 0.717) is 33.7 Å². The van der Waals surface area contributed by atoms with Crippen LogP contribution in [0.4, 0.5) is 0 Å². The van der Waals surface area contributed by atoms with Gasteiger partial charge >= 0.3 is 0 Å². The molecule has 1 aromatic rings. The standard InChI is InChI=1S/C19H25Cl2N5O/c1-3-17(24-10-13-4-5-15(20)16(21)8-13)26-19(27)18(12(2)9-22)25-14-6-7-23-11-14/h3-5,8-9,14,23-24H,6-7,10-11,22H2,1-2H3,(H,26,27)/b12-9?,17-3+,25-18?. The molecule has 0 radical (unpaired) electrons. The van der Waals surface area contributed by atoms with Gasteiger partial charge in [0.15, 0.2) is 0 Å². The van der Waals surface area contributed by atoms with Crippen molar-refractivity contribution in [3.63, 3.8) is 0 Å². The zero-order valence-corrected chi connectivity index (χ0v) is 17.0. The van der Waals surface area contributed by atoms with Gasteiger partial charge in [-0.1, -0.05) is 29.3 Å². The smallest absolute Gasteiger partial charge is 0.275 e. The number of rotatable bonds is 7. The zero-order chi connectivity index (χ0) is 19.8. The number of carbonyl (C=O) groups excluding carboxylic acids is 1. The number of allylic oxidation sites excluding steroid dienone is 1. The number of nitrogens with two attached hydrogens (primary N) is 1.